The molecule has 5 nitrogen and oxygen atoms in total. The van der Waals surface area contributed by atoms with E-state index in [0.29, 0.717) is 23.2 Å². The van der Waals surface area contributed by atoms with E-state index < -0.39 is 0 Å². The van der Waals surface area contributed by atoms with Gasteiger partial charge in [0, 0.05) is 31.0 Å². The minimum Gasteiger partial charge on any atom is -0.454 e. The molecule has 1 saturated carbocycles. The third-order valence-electron chi connectivity index (χ3n) is 5.30. The molecule has 1 aliphatic carbocycles. The smallest absolute Gasteiger partial charge is 0.254 e. The fourth-order valence-corrected chi connectivity index (χ4v) is 5.24. The molecule has 1 spiro atoms. The van der Waals surface area contributed by atoms with Gasteiger partial charge in [0.15, 0.2) is 11.5 Å². The summed E-state index contributed by atoms with van der Waals surface area (Å²) in [5, 5.41) is 0. The van der Waals surface area contributed by atoms with Gasteiger partial charge in [0.05, 0.1) is 10.9 Å². The second-order valence-corrected chi connectivity index (χ2v) is 8.81. The lowest BCUT2D eigenvalue weighted by Gasteiger charge is -2.47. The second kappa shape index (κ2) is 5.56. The van der Waals surface area contributed by atoms with Crippen molar-refractivity contribution in [1.82, 2.24) is 4.90 Å². The number of hydrogen-bond acceptors (Lipinski definition) is 5. The normalized spacial score (nSPS) is 26.7. The van der Waals surface area contributed by atoms with Crippen LogP contribution in [0.5, 0.6) is 11.5 Å². The Bertz CT molecular complexity index is 669. The lowest BCUT2D eigenvalue weighted by molar-refractivity contribution is 0.0287. The van der Waals surface area contributed by atoms with Gasteiger partial charge in [-0.2, -0.15) is 0 Å². The molecule has 3 aliphatic heterocycles. The summed E-state index contributed by atoms with van der Waals surface area (Å²) in [5.74, 6) is 3.35. The Balaban J connectivity index is 1.18. The number of likely N-dealkylation sites (tertiary alicyclic amines) is 1. The number of carbonyl (C=O) groups excluding carboxylic acids is 1. The van der Waals surface area contributed by atoms with Crippen molar-refractivity contribution >= 4 is 17.7 Å². The van der Waals surface area contributed by atoms with E-state index in [0.717, 1.165) is 37.8 Å². The van der Waals surface area contributed by atoms with Gasteiger partial charge in [0.25, 0.3) is 5.91 Å². The zero-order chi connectivity index (χ0) is 16.1. The predicted octanol–water partition coefficient (Wildman–Crippen LogP) is 2.54. The molecule has 2 saturated heterocycles. The van der Waals surface area contributed by atoms with Crippen molar-refractivity contribution in [3.8, 4) is 11.5 Å². The number of hydrogen-bond donors (Lipinski definition) is 0. The molecule has 1 atom stereocenters. The van der Waals surface area contributed by atoms with Gasteiger partial charge in [0.2, 0.25) is 6.79 Å². The van der Waals surface area contributed by atoms with Crippen molar-refractivity contribution in [2.75, 3.05) is 32.2 Å². The van der Waals surface area contributed by atoms with Crippen LogP contribution in [0.25, 0.3) is 0 Å². The minimum absolute atomic E-state index is 0.0851. The Hall–Kier alpha value is -1.40. The number of ether oxygens (including phenoxy) is 3. The van der Waals surface area contributed by atoms with Crippen molar-refractivity contribution in [2.24, 2.45) is 5.92 Å². The van der Waals surface area contributed by atoms with Crippen LogP contribution in [0.2, 0.25) is 0 Å². The van der Waals surface area contributed by atoms with E-state index in [4.69, 9.17) is 14.2 Å². The van der Waals surface area contributed by atoms with Crippen molar-refractivity contribution < 1.29 is 19.0 Å². The number of amides is 1. The first-order valence-electron chi connectivity index (χ1n) is 8.65. The SMILES string of the molecule is O=C(c1ccc2c(c1)OCO2)N1CC2(C[C@@H](OCC3CC3)CS2)C1. The van der Waals surface area contributed by atoms with E-state index in [-0.39, 0.29) is 17.4 Å². The molecule has 1 amide bonds. The lowest BCUT2D eigenvalue weighted by Crippen LogP contribution is -2.60. The van der Waals surface area contributed by atoms with Crippen molar-refractivity contribution in [1.29, 1.82) is 0 Å². The van der Waals surface area contributed by atoms with Gasteiger partial charge in [0.1, 0.15) is 0 Å². The molecule has 6 heteroatoms. The summed E-state index contributed by atoms with van der Waals surface area (Å²) in [6.07, 6.45) is 4.12. The molecule has 24 heavy (non-hydrogen) atoms. The number of rotatable bonds is 4. The minimum atomic E-state index is 0.0851. The highest BCUT2D eigenvalue weighted by Gasteiger charge is 2.51. The van der Waals surface area contributed by atoms with Gasteiger partial charge >= 0.3 is 0 Å². The first-order chi connectivity index (χ1) is 11.7. The molecular formula is C18H21NO4S. The van der Waals surface area contributed by atoms with Crippen LogP contribution in [-0.2, 0) is 4.74 Å². The molecule has 0 aromatic heterocycles. The zero-order valence-electron chi connectivity index (χ0n) is 13.5. The predicted molar refractivity (Wildman–Crippen MR) is 90.7 cm³/mol. The second-order valence-electron chi connectivity index (χ2n) is 7.33. The van der Waals surface area contributed by atoms with E-state index >= 15 is 0 Å². The maximum Gasteiger partial charge on any atom is 0.254 e. The van der Waals surface area contributed by atoms with E-state index in [1.165, 1.54) is 12.8 Å². The summed E-state index contributed by atoms with van der Waals surface area (Å²) in [7, 11) is 0. The van der Waals surface area contributed by atoms with E-state index in [2.05, 4.69) is 0 Å². The molecule has 1 aromatic rings. The molecule has 1 aromatic carbocycles. The molecule has 3 fully saturated rings. The van der Waals surface area contributed by atoms with Crippen LogP contribution < -0.4 is 9.47 Å². The maximum absolute atomic E-state index is 12.7. The molecule has 0 radical (unpaired) electrons. The summed E-state index contributed by atoms with van der Waals surface area (Å²) in [6.45, 7) is 2.82. The average molecular weight is 347 g/mol. The Morgan fingerprint density at radius 1 is 1.29 bits per heavy atom. The first-order valence-corrected chi connectivity index (χ1v) is 9.64. The molecular weight excluding hydrogens is 326 g/mol. The summed E-state index contributed by atoms with van der Waals surface area (Å²) in [4.78, 5) is 14.6. The number of carbonyl (C=O) groups is 1. The number of thioether (sulfide) groups is 1. The number of fused-ring (bicyclic) bond motifs is 1. The fraction of sp³-hybridized carbons (Fsp3) is 0.611. The Morgan fingerprint density at radius 2 is 2.12 bits per heavy atom. The summed E-state index contributed by atoms with van der Waals surface area (Å²) >= 11 is 1.98. The highest BCUT2D eigenvalue weighted by molar-refractivity contribution is 8.01. The Labute approximate surface area is 145 Å². The number of benzene rings is 1. The zero-order valence-corrected chi connectivity index (χ0v) is 14.3. The average Bonchev–Trinajstić information content (AvgIpc) is 3.10. The highest BCUT2D eigenvalue weighted by atomic mass is 32.2. The lowest BCUT2D eigenvalue weighted by atomic mass is 9.92. The fourth-order valence-electron chi connectivity index (χ4n) is 3.69. The summed E-state index contributed by atoms with van der Waals surface area (Å²) < 4.78 is 16.9. The van der Waals surface area contributed by atoms with Crippen molar-refractivity contribution in [3.63, 3.8) is 0 Å². The summed E-state index contributed by atoms with van der Waals surface area (Å²) in [6, 6.07) is 5.43. The van der Waals surface area contributed by atoms with Crippen LogP contribution in [0.4, 0.5) is 0 Å². The Morgan fingerprint density at radius 3 is 2.96 bits per heavy atom. The van der Waals surface area contributed by atoms with Gasteiger partial charge in [-0.15, -0.1) is 11.8 Å². The van der Waals surface area contributed by atoms with Crippen molar-refractivity contribution in [2.45, 2.75) is 30.1 Å². The van der Waals surface area contributed by atoms with E-state index in [1.54, 1.807) is 6.07 Å². The molecule has 4 aliphatic rings. The standard InChI is InChI=1S/C18H21NO4S/c20-17(13-3-4-15-16(5-13)23-11-22-15)19-9-18(10-19)6-14(8-24-18)21-7-12-1-2-12/h3-5,12,14H,1-2,6-11H2/t14-/m1/s1. The van der Waals surface area contributed by atoms with Crippen LogP contribution in [0.3, 0.4) is 0 Å². The van der Waals surface area contributed by atoms with E-state index in [9.17, 15) is 4.79 Å². The highest BCUT2D eigenvalue weighted by Crippen LogP contribution is 2.47. The largest absolute Gasteiger partial charge is 0.454 e. The molecule has 0 N–H and O–H groups in total. The quantitative estimate of drug-likeness (QED) is 0.838. The van der Waals surface area contributed by atoms with Gasteiger partial charge < -0.3 is 19.1 Å². The van der Waals surface area contributed by atoms with Gasteiger partial charge in [-0.1, -0.05) is 0 Å². The van der Waals surface area contributed by atoms with Crippen molar-refractivity contribution in [3.05, 3.63) is 23.8 Å². The topological polar surface area (TPSA) is 48.0 Å². The Kier molecular flexibility index (Phi) is 3.45. The third-order valence-corrected chi connectivity index (χ3v) is 6.88. The van der Waals surface area contributed by atoms with E-state index in [1.807, 2.05) is 28.8 Å². The van der Waals surface area contributed by atoms with Crippen LogP contribution in [-0.4, -0.2) is 53.9 Å². The number of nitrogens with zero attached hydrogens (tertiary/aromatic N) is 1. The van der Waals surface area contributed by atoms with Gasteiger partial charge in [-0.3, -0.25) is 4.79 Å². The summed E-state index contributed by atoms with van der Waals surface area (Å²) in [5.41, 5.74) is 0.679. The molecule has 0 bridgehead atoms. The molecule has 128 valence electrons. The van der Waals surface area contributed by atoms with Gasteiger partial charge in [-0.25, -0.2) is 0 Å². The van der Waals surface area contributed by atoms with Crippen LogP contribution in [0.15, 0.2) is 18.2 Å². The third kappa shape index (κ3) is 2.65. The maximum atomic E-state index is 12.7. The molecule has 3 heterocycles. The van der Waals surface area contributed by atoms with Gasteiger partial charge in [-0.05, 0) is 43.4 Å². The van der Waals surface area contributed by atoms with Crippen LogP contribution >= 0.6 is 11.8 Å². The monoisotopic (exact) mass is 347 g/mol. The van der Waals surface area contributed by atoms with Crippen LogP contribution in [0, 0.1) is 5.92 Å². The molecule has 0 unspecified atom stereocenters. The molecule has 5 rings (SSSR count). The van der Waals surface area contributed by atoms with Crippen LogP contribution in [0.1, 0.15) is 29.6 Å². The first kappa shape index (κ1) is 14.9.